The van der Waals surface area contributed by atoms with Crippen LogP contribution in [-0.2, 0) is 0 Å². The summed E-state index contributed by atoms with van der Waals surface area (Å²) in [5, 5.41) is 18.1. The average Bonchev–Trinajstić information content (AvgIpc) is 4.08. The highest BCUT2D eigenvalue weighted by Crippen LogP contribution is 2.49. The maximum absolute atomic E-state index is 2.59. The van der Waals surface area contributed by atoms with Crippen molar-refractivity contribution in [3.8, 4) is 16.8 Å². The molecule has 15 rings (SSSR count). The maximum Gasteiger partial charge on any atom is 0.0627 e. The Bertz CT molecular complexity index is 4290. The molecule has 0 radical (unpaired) electrons. The van der Waals surface area contributed by atoms with E-state index in [0.717, 1.165) is 0 Å². The van der Waals surface area contributed by atoms with Crippen LogP contribution >= 0.6 is 0 Å². The number of para-hydroxylation sites is 4. The molecule has 0 unspecified atom stereocenters. The summed E-state index contributed by atoms with van der Waals surface area (Å²) < 4.78 is 7.57. The van der Waals surface area contributed by atoms with Gasteiger partial charge in [-0.2, -0.15) is 0 Å². The second kappa shape index (κ2) is 10.5. The number of hydrogen-bond acceptors (Lipinski definition) is 0. The Morgan fingerprint density at radius 2 is 0.864 bits per heavy atom. The van der Waals surface area contributed by atoms with Gasteiger partial charge in [-0.15, -0.1) is 0 Å². The van der Waals surface area contributed by atoms with Gasteiger partial charge < -0.3 is 13.4 Å². The van der Waals surface area contributed by atoms with Gasteiger partial charge in [-0.1, -0.05) is 140 Å². The van der Waals surface area contributed by atoms with E-state index in [2.05, 4.69) is 201 Å². The molecule has 0 N–H and O–H groups in total. The normalized spacial score (nSPS) is 12.7. The van der Waals surface area contributed by atoms with Crippen molar-refractivity contribution >= 4 is 120 Å². The van der Waals surface area contributed by atoms with Gasteiger partial charge in [-0.3, -0.25) is 0 Å². The monoisotopic (exact) mass is 745 g/mol. The molecule has 10 aromatic carbocycles. The van der Waals surface area contributed by atoms with E-state index >= 15 is 0 Å². The minimum atomic E-state index is 1.17. The number of benzene rings is 10. The van der Waals surface area contributed by atoms with Gasteiger partial charge in [-0.05, 0) is 70.3 Å². The molecule has 0 atom stereocenters. The van der Waals surface area contributed by atoms with Crippen molar-refractivity contribution in [3.05, 3.63) is 188 Å². The van der Waals surface area contributed by atoms with Crippen molar-refractivity contribution in [2.45, 2.75) is 0 Å². The first kappa shape index (κ1) is 30.3. The number of nitrogens with zero attached hydrogens (tertiary/aromatic N) is 3. The Labute approximate surface area is 336 Å². The van der Waals surface area contributed by atoms with E-state index in [1.807, 2.05) is 0 Å². The first-order chi connectivity index (χ1) is 29.3. The topological polar surface area (TPSA) is 13.8 Å². The summed E-state index contributed by atoms with van der Waals surface area (Å²) >= 11 is 0. The van der Waals surface area contributed by atoms with Crippen LogP contribution in [0.2, 0.25) is 0 Å². The standard InChI is InChI=1S/C56H31N3/c1-2-14-35(15-3-1)57-48-23-9-8-18-39(48)44-28-34(25-27-49(44)57)38-19-10-20-40-41-21-11-22-42-45-30-51-47(31-50(45)58(54(38)40)55(41)42)52-36-16-6-5-13-33(36)29-46-43-26-24-32-12-4-7-17-37(32)53(43)59(51)56(46)52/h1-31H. The Morgan fingerprint density at radius 3 is 1.75 bits per heavy atom. The minimum absolute atomic E-state index is 1.17. The third-order valence-corrected chi connectivity index (χ3v) is 13.6. The number of fused-ring (bicyclic) bond motifs is 19. The highest BCUT2D eigenvalue weighted by Gasteiger charge is 2.25. The van der Waals surface area contributed by atoms with E-state index in [1.54, 1.807) is 0 Å². The Hall–Kier alpha value is -7.88. The quantitative estimate of drug-likeness (QED) is 0.167. The first-order valence-electron chi connectivity index (χ1n) is 20.5. The average molecular weight is 746 g/mol. The Morgan fingerprint density at radius 1 is 0.271 bits per heavy atom. The predicted octanol–water partition coefficient (Wildman–Crippen LogP) is 15.1. The van der Waals surface area contributed by atoms with Crippen molar-refractivity contribution in [1.82, 2.24) is 13.4 Å². The number of aromatic nitrogens is 3. The van der Waals surface area contributed by atoms with E-state index < -0.39 is 0 Å². The smallest absolute Gasteiger partial charge is 0.0627 e. The van der Waals surface area contributed by atoms with Crippen LogP contribution in [0, 0.1) is 0 Å². The second-order valence-electron chi connectivity index (χ2n) is 16.4. The van der Waals surface area contributed by atoms with E-state index in [1.165, 1.54) is 136 Å². The molecule has 0 aliphatic rings. The van der Waals surface area contributed by atoms with E-state index in [-0.39, 0.29) is 0 Å². The molecule has 0 spiro atoms. The lowest BCUT2D eigenvalue weighted by Gasteiger charge is -2.09. The van der Waals surface area contributed by atoms with E-state index in [4.69, 9.17) is 0 Å². The highest BCUT2D eigenvalue weighted by molar-refractivity contribution is 6.35. The molecule has 15 aromatic rings. The Kier molecular flexibility index (Phi) is 5.41. The van der Waals surface area contributed by atoms with Gasteiger partial charge >= 0.3 is 0 Å². The van der Waals surface area contributed by atoms with Crippen LogP contribution < -0.4 is 0 Å². The summed E-state index contributed by atoms with van der Waals surface area (Å²) in [7, 11) is 0. The molecule has 3 heteroatoms. The highest BCUT2D eigenvalue weighted by atomic mass is 15.0. The molecule has 59 heavy (non-hydrogen) atoms. The molecule has 270 valence electrons. The second-order valence-corrected chi connectivity index (χ2v) is 16.4. The molecule has 0 saturated carbocycles. The zero-order chi connectivity index (χ0) is 38.1. The number of hydrogen-bond donors (Lipinski definition) is 0. The Balaban J connectivity index is 1.10. The summed E-state index contributed by atoms with van der Waals surface area (Å²) in [5.74, 6) is 0. The van der Waals surface area contributed by atoms with Gasteiger partial charge in [0.2, 0.25) is 0 Å². The van der Waals surface area contributed by atoms with Crippen LogP contribution in [-0.4, -0.2) is 13.4 Å². The van der Waals surface area contributed by atoms with Crippen LogP contribution in [0.25, 0.3) is 136 Å². The molecule has 0 bridgehead atoms. The van der Waals surface area contributed by atoms with Gasteiger partial charge in [0.05, 0.1) is 44.1 Å². The molecular weight excluding hydrogens is 715 g/mol. The van der Waals surface area contributed by atoms with Gasteiger partial charge in [0.25, 0.3) is 0 Å². The third kappa shape index (κ3) is 3.62. The molecule has 0 saturated heterocycles. The first-order valence-corrected chi connectivity index (χ1v) is 20.5. The van der Waals surface area contributed by atoms with Crippen LogP contribution in [0.5, 0.6) is 0 Å². The van der Waals surface area contributed by atoms with Gasteiger partial charge in [0.1, 0.15) is 0 Å². The molecule has 5 heterocycles. The van der Waals surface area contributed by atoms with Crippen LogP contribution in [0.4, 0.5) is 0 Å². The van der Waals surface area contributed by atoms with E-state index in [0.29, 0.717) is 0 Å². The largest absolute Gasteiger partial charge is 0.309 e. The molecule has 0 amide bonds. The van der Waals surface area contributed by atoms with E-state index in [9.17, 15) is 0 Å². The minimum Gasteiger partial charge on any atom is -0.309 e. The zero-order valence-electron chi connectivity index (χ0n) is 31.7. The van der Waals surface area contributed by atoms with Crippen molar-refractivity contribution in [3.63, 3.8) is 0 Å². The summed E-state index contributed by atoms with van der Waals surface area (Å²) in [4.78, 5) is 0. The summed E-state index contributed by atoms with van der Waals surface area (Å²) in [5.41, 5.74) is 13.7. The van der Waals surface area contributed by atoms with Gasteiger partial charge in [0.15, 0.2) is 0 Å². The van der Waals surface area contributed by atoms with Crippen LogP contribution in [0.3, 0.4) is 0 Å². The van der Waals surface area contributed by atoms with Crippen LogP contribution in [0.15, 0.2) is 188 Å². The predicted molar refractivity (Wildman–Crippen MR) is 251 cm³/mol. The third-order valence-electron chi connectivity index (χ3n) is 13.6. The van der Waals surface area contributed by atoms with Crippen molar-refractivity contribution in [2.24, 2.45) is 0 Å². The molecule has 0 aliphatic heterocycles. The lowest BCUT2D eigenvalue weighted by Crippen LogP contribution is -1.93. The van der Waals surface area contributed by atoms with Crippen molar-refractivity contribution in [1.29, 1.82) is 0 Å². The lowest BCUT2D eigenvalue weighted by atomic mass is 9.98. The van der Waals surface area contributed by atoms with Gasteiger partial charge in [0, 0.05) is 70.5 Å². The fourth-order valence-electron chi connectivity index (χ4n) is 11.3. The molecule has 0 fully saturated rings. The zero-order valence-corrected chi connectivity index (χ0v) is 31.7. The van der Waals surface area contributed by atoms with Crippen molar-refractivity contribution in [2.75, 3.05) is 0 Å². The fraction of sp³-hybridized carbons (Fsp3) is 0. The molecule has 3 nitrogen and oxygen atoms in total. The molecular formula is C56H31N3. The van der Waals surface area contributed by atoms with Crippen molar-refractivity contribution < 1.29 is 0 Å². The summed E-state index contributed by atoms with van der Waals surface area (Å²) in [6, 6.07) is 70.3. The fourth-order valence-corrected chi connectivity index (χ4v) is 11.3. The molecule has 0 aliphatic carbocycles. The number of rotatable bonds is 2. The van der Waals surface area contributed by atoms with Crippen LogP contribution in [0.1, 0.15) is 0 Å². The summed E-state index contributed by atoms with van der Waals surface area (Å²) in [6.07, 6.45) is 0. The van der Waals surface area contributed by atoms with Gasteiger partial charge in [-0.25, -0.2) is 0 Å². The maximum atomic E-state index is 2.59. The SMILES string of the molecule is c1ccc(-n2c3ccccc3c3cc(-c4cccc5c6cccc7c8cc9c(cc8n(c45)c76)c4c5ccccc5cc5c6ccc7ccccc7c6n9c54)ccc32)cc1. The molecule has 5 aromatic heterocycles. The lowest BCUT2D eigenvalue weighted by molar-refractivity contribution is 1.18. The summed E-state index contributed by atoms with van der Waals surface area (Å²) in [6.45, 7) is 0.